The van der Waals surface area contributed by atoms with E-state index in [1.807, 2.05) is 23.1 Å². The van der Waals surface area contributed by atoms with Crippen LogP contribution >= 0.6 is 11.6 Å². The predicted molar refractivity (Wildman–Crippen MR) is 129 cm³/mol. The number of pyridine rings is 1. The number of aromatic nitrogens is 1. The Morgan fingerprint density at radius 3 is 2.58 bits per heavy atom. The van der Waals surface area contributed by atoms with E-state index in [2.05, 4.69) is 20.4 Å². The smallest absolute Gasteiger partial charge is 0.360 e. The normalized spacial score (nSPS) is 21.6. The summed E-state index contributed by atoms with van der Waals surface area (Å²) in [5, 5.41) is 5.09. The second kappa shape index (κ2) is 8.58. The average Bonchev–Trinajstić information content (AvgIpc) is 3.60. The van der Waals surface area contributed by atoms with Crippen LogP contribution in [0.2, 0.25) is 5.02 Å². The Hall–Kier alpha value is -2.92. The first-order valence-corrected chi connectivity index (χ1v) is 12.2. The molecule has 4 aliphatic rings. The van der Waals surface area contributed by atoms with Crippen molar-refractivity contribution in [1.82, 2.24) is 20.2 Å². The molecule has 0 radical (unpaired) electrons. The summed E-state index contributed by atoms with van der Waals surface area (Å²) < 4.78 is 52.4. The highest BCUT2D eigenvalue weighted by Gasteiger charge is 2.52. The summed E-state index contributed by atoms with van der Waals surface area (Å²) in [6, 6.07) is 8.41. The topological polar surface area (TPSA) is 59.4 Å². The third-order valence-electron chi connectivity index (χ3n) is 7.05. The number of hydrogen-bond acceptors (Lipinski definition) is 6. The first-order chi connectivity index (χ1) is 17.2. The number of halogens is 5. The monoisotopic (exact) mass is 521 g/mol. The van der Waals surface area contributed by atoms with E-state index in [1.165, 1.54) is 18.9 Å². The summed E-state index contributed by atoms with van der Waals surface area (Å²) in [6.45, 7) is 4.11. The van der Waals surface area contributed by atoms with E-state index in [9.17, 15) is 17.6 Å². The molecular formula is C24H24ClF4N7. The molecule has 36 heavy (non-hydrogen) atoms. The zero-order chi connectivity index (χ0) is 25.1. The number of nitrogens with zero attached hydrogens (tertiary/aromatic N) is 6. The number of alkyl halides is 3. The number of amidine groups is 1. The van der Waals surface area contributed by atoms with Crippen molar-refractivity contribution < 1.29 is 17.6 Å². The molecule has 1 saturated carbocycles. The first-order valence-electron chi connectivity index (χ1n) is 11.8. The van der Waals surface area contributed by atoms with E-state index in [-0.39, 0.29) is 11.2 Å². The van der Waals surface area contributed by atoms with Crippen LogP contribution in [0, 0.1) is 11.2 Å². The lowest BCUT2D eigenvalue weighted by Crippen LogP contribution is -2.72. The number of fused-ring (bicyclic) bond motifs is 1. The highest BCUT2D eigenvalue weighted by Crippen LogP contribution is 2.41. The molecule has 3 aliphatic heterocycles. The quantitative estimate of drug-likeness (QED) is 0.282. The third-order valence-corrected chi connectivity index (χ3v) is 7.29. The molecule has 1 spiro atoms. The van der Waals surface area contributed by atoms with Gasteiger partial charge in [-0.1, -0.05) is 11.6 Å². The molecule has 0 bridgehead atoms. The number of likely N-dealkylation sites (tertiary alicyclic amines) is 1. The van der Waals surface area contributed by atoms with Crippen LogP contribution in [-0.4, -0.2) is 65.7 Å². The van der Waals surface area contributed by atoms with Crippen molar-refractivity contribution in [2.45, 2.75) is 31.6 Å². The van der Waals surface area contributed by atoms with Crippen molar-refractivity contribution in [1.29, 1.82) is 0 Å². The summed E-state index contributed by atoms with van der Waals surface area (Å²) in [7, 11) is 0. The van der Waals surface area contributed by atoms with Gasteiger partial charge in [0.25, 0.3) is 0 Å². The van der Waals surface area contributed by atoms with Crippen LogP contribution in [0.4, 0.5) is 29.1 Å². The summed E-state index contributed by atoms with van der Waals surface area (Å²) >= 11 is 6.19. The number of nitrogens with one attached hydrogen (secondary N) is 1. The minimum Gasteiger partial charge on any atom is -0.360 e. The molecule has 4 heterocycles. The van der Waals surface area contributed by atoms with Crippen molar-refractivity contribution in [3.8, 4) is 0 Å². The molecule has 0 atom stereocenters. The fourth-order valence-corrected chi connectivity index (χ4v) is 5.40. The lowest BCUT2D eigenvalue weighted by Gasteiger charge is -2.60. The summed E-state index contributed by atoms with van der Waals surface area (Å²) in [4.78, 5) is 14.5. The number of aliphatic imine (C=N–C) groups is 1. The van der Waals surface area contributed by atoms with Crippen LogP contribution in [0.1, 0.15) is 24.1 Å². The van der Waals surface area contributed by atoms with Crippen LogP contribution in [0.5, 0.6) is 0 Å². The lowest BCUT2D eigenvalue weighted by molar-refractivity contribution is -0.143. The maximum Gasteiger partial charge on any atom is 0.436 e. The Bertz CT molecular complexity index is 1230. The Balaban J connectivity index is 1.04. The van der Waals surface area contributed by atoms with Crippen LogP contribution in [0.3, 0.4) is 0 Å². The van der Waals surface area contributed by atoms with Crippen molar-refractivity contribution in [2.75, 3.05) is 37.6 Å². The molecule has 1 aromatic carbocycles. The van der Waals surface area contributed by atoms with Gasteiger partial charge in [-0.05, 0) is 48.7 Å². The molecule has 1 aliphatic carbocycles. The molecular weight excluding hydrogens is 498 g/mol. The maximum absolute atomic E-state index is 13.5. The highest BCUT2D eigenvalue weighted by atomic mass is 35.5. The zero-order valence-electron chi connectivity index (χ0n) is 19.3. The Morgan fingerprint density at radius 1 is 1.08 bits per heavy atom. The van der Waals surface area contributed by atoms with Crippen molar-refractivity contribution >= 4 is 35.3 Å². The minimum atomic E-state index is -4.81. The van der Waals surface area contributed by atoms with Crippen molar-refractivity contribution in [3.63, 3.8) is 0 Å². The van der Waals surface area contributed by atoms with Gasteiger partial charge in [0.1, 0.15) is 18.0 Å². The van der Waals surface area contributed by atoms with Crippen LogP contribution in [0.15, 0.2) is 40.4 Å². The lowest BCUT2D eigenvalue weighted by atomic mass is 9.73. The fourth-order valence-electron chi connectivity index (χ4n) is 5.21. The third kappa shape index (κ3) is 4.61. The molecule has 0 unspecified atom stereocenters. The van der Waals surface area contributed by atoms with Crippen LogP contribution in [0.25, 0.3) is 0 Å². The molecule has 6 rings (SSSR count). The molecule has 1 aromatic heterocycles. The van der Waals surface area contributed by atoms with Gasteiger partial charge in [0.05, 0.1) is 12.2 Å². The van der Waals surface area contributed by atoms with Crippen molar-refractivity contribution in [2.24, 2.45) is 15.5 Å². The molecule has 3 fully saturated rings. The summed E-state index contributed by atoms with van der Waals surface area (Å²) in [5.41, 5.74) is 3.60. The van der Waals surface area contributed by atoms with Crippen LogP contribution < -0.4 is 10.3 Å². The van der Waals surface area contributed by atoms with Gasteiger partial charge in [0, 0.05) is 49.2 Å². The van der Waals surface area contributed by atoms with Gasteiger partial charge in [-0.3, -0.25) is 10.3 Å². The van der Waals surface area contributed by atoms with Gasteiger partial charge < -0.3 is 9.80 Å². The molecule has 190 valence electrons. The second-order valence-electron chi connectivity index (χ2n) is 10.1. The standard InChI is InChI=1S/C24H24ClF4N7/c25-16-1-5-19-15(7-16)8-35(17-2-3-17)9-20(31-19)33-30-14-34-10-23(11-34)12-36(13-23)21-6-4-18(26)22(32-21)24(27,28)29/h1,4-7,14,17H,2-3,8-13H2,(H,31,33)/b30-14+. The predicted octanol–water partition coefficient (Wildman–Crippen LogP) is 4.26. The average molecular weight is 522 g/mol. The Morgan fingerprint density at radius 2 is 1.86 bits per heavy atom. The van der Waals surface area contributed by atoms with Gasteiger partial charge in [0.15, 0.2) is 11.5 Å². The van der Waals surface area contributed by atoms with Gasteiger partial charge in [-0.2, -0.15) is 18.3 Å². The number of hydrazone groups is 1. The Kier molecular flexibility index (Phi) is 5.60. The number of anilines is 1. The Labute approximate surface area is 210 Å². The molecule has 1 N–H and O–H groups in total. The van der Waals surface area contributed by atoms with E-state index in [0.717, 1.165) is 42.8 Å². The van der Waals surface area contributed by atoms with Crippen molar-refractivity contribution in [3.05, 3.63) is 52.4 Å². The number of hydrogen-bond donors (Lipinski definition) is 1. The molecule has 2 saturated heterocycles. The minimum absolute atomic E-state index is 0.0126. The molecule has 12 heteroatoms. The van der Waals surface area contributed by atoms with Gasteiger partial charge in [-0.25, -0.2) is 14.4 Å². The largest absolute Gasteiger partial charge is 0.436 e. The van der Waals surface area contributed by atoms with E-state index < -0.39 is 17.7 Å². The molecule has 2 aromatic rings. The molecule has 0 amide bonds. The van der Waals surface area contributed by atoms with E-state index in [1.54, 1.807) is 11.2 Å². The van der Waals surface area contributed by atoms with E-state index in [4.69, 9.17) is 16.6 Å². The SMILES string of the molecule is Fc1ccc(N2CC3(CN(/C=N/NC4=Nc5ccc(Cl)cc5CN(C5CC5)C4)C3)C2)nc1C(F)(F)F. The number of rotatable bonds is 4. The number of benzene rings is 1. The van der Waals surface area contributed by atoms with Gasteiger partial charge in [0.2, 0.25) is 0 Å². The highest BCUT2D eigenvalue weighted by molar-refractivity contribution is 6.30. The van der Waals surface area contributed by atoms with E-state index in [0.29, 0.717) is 30.7 Å². The van der Waals surface area contributed by atoms with Gasteiger partial charge in [-0.15, -0.1) is 0 Å². The molecule has 7 nitrogen and oxygen atoms in total. The zero-order valence-corrected chi connectivity index (χ0v) is 20.0. The maximum atomic E-state index is 13.5. The second-order valence-corrected chi connectivity index (χ2v) is 10.5. The van der Waals surface area contributed by atoms with E-state index >= 15 is 0 Å². The first kappa shape index (κ1) is 23.5. The van der Waals surface area contributed by atoms with Crippen LogP contribution in [-0.2, 0) is 12.7 Å². The fraction of sp³-hybridized carbons (Fsp3) is 0.458. The summed E-state index contributed by atoms with van der Waals surface area (Å²) in [5.74, 6) is -0.436. The summed E-state index contributed by atoms with van der Waals surface area (Å²) in [6.07, 6.45) is -0.704. The van der Waals surface area contributed by atoms with Gasteiger partial charge >= 0.3 is 6.18 Å².